The van der Waals surface area contributed by atoms with Crippen LogP contribution >= 0.6 is 23.2 Å². The summed E-state index contributed by atoms with van der Waals surface area (Å²) in [6, 6.07) is 1.34. The van der Waals surface area contributed by atoms with E-state index in [1.807, 2.05) is 0 Å². The quantitative estimate of drug-likeness (QED) is 0.821. The molecule has 1 aromatic heterocycles. The maximum Gasteiger partial charge on any atom is 0.308 e. The molecule has 0 bridgehead atoms. The van der Waals surface area contributed by atoms with Crippen LogP contribution in [0, 0.1) is 5.92 Å². The standard InChI is InChI=1S/C9H7Cl2N3O3/c10-5-2-6(11)13-9(12-5)14-3-4(8(16)17)1-7(14)15/h2,4H,1,3H2,(H,16,17). The van der Waals surface area contributed by atoms with E-state index in [2.05, 4.69) is 9.97 Å². The van der Waals surface area contributed by atoms with Gasteiger partial charge in [-0.25, -0.2) is 9.97 Å². The smallest absolute Gasteiger partial charge is 0.308 e. The number of carboxylic acids is 1. The second kappa shape index (κ2) is 4.46. The molecule has 1 fully saturated rings. The lowest BCUT2D eigenvalue weighted by molar-refractivity contribution is -0.141. The Morgan fingerprint density at radius 3 is 2.47 bits per heavy atom. The average molecular weight is 276 g/mol. The molecule has 0 aliphatic carbocycles. The Hall–Kier alpha value is -1.40. The minimum absolute atomic E-state index is 0.0326. The highest BCUT2D eigenvalue weighted by atomic mass is 35.5. The summed E-state index contributed by atoms with van der Waals surface area (Å²) in [5, 5.41) is 9.04. The van der Waals surface area contributed by atoms with Gasteiger partial charge in [-0.3, -0.25) is 14.5 Å². The Kier molecular flexibility index (Phi) is 3.17. The first-order valence-electron chi connectivity index (χ1n) is 4.70. The molecule has 0 radical (unpaired) electrons. The molecule has 0 spiro atoms. The van der Waals surface area contributed by atoms with Crippen LogP contribution in [0.25, 0.3) is 0 Å². The predicted octanol–water partition coefficient (Wildman–Crippen LogP) is 1.22. The number of aliphatic carboxylic acids is 1. The van der Waals surface area contributed by atoms with E-state index in [0.29, 0.717) is 0 Å². The van der Waals surface area contributed by atoms with Gasteiger partial charge in [-0.2, -0.15) is 0 Å². The van der Waals surface area contributed by atoms with Gasteiger partial charge in [-0.1, -0.05) is 23.2 Å². The monoisotopic (exact) mass is 275 g/mol. The summed E-state index contributed by atoms with van der Waals surface area (Å²) in [7, 11) is 0. The van der Waals surface area contributed by atoms with Gasteiger partial charge in [0.1, 0.15) is 10.3 Å². The maximum absolute atomic E-state index is 11.6. The van der Waals surface area contributed by atoms with E-state index in [1.165, 1.54) is 11.0 Å². The summed E-state index contributed by atoms with van der Waals surface area (Å²) in [4.78, 5) is 31.3. The highest BCUT2D eigenvalue weighted by Crippen LogP contribution is 2.24. The van der Waals surface area contributed by atoms with Crippen LogP contribution in [0.4, 0.5) is 5.95 Å². The third kappa shape index (κ3) is 2.48. The van der Waals surface area contributed by atoms with E-state index in [9.17, 15) is 9.59 Å². The van der Waals surface area contributed by atoms with Gasteiger partial charge in [-0.05, 0) is 0 Å². The van der Waals surface area contributed by atoms with E-state index in [-0.39, 0.29) is 35.1 Å². The molecule has 0 saturated carbocycles. The number of aromatic nitrogens is 2. The van der Waals surface area contributed by atoms with Crippen molar-refractivity contribution in [3.8, 4) is 0 Å². The number of amides is 1. The molecule has 0 aromatic carbocycles. The first-order valence-corrected chi connectivity index (χ1v) is 5.46. The van der Waals surface area contributed by atoms with Crippen molar-refractivity contribution in [3.05, 3.63) is 16.4 Å². The summed E-state index contributed by atoms with van der Waals surface area (Å²) in [6.45, 7) is 0.0326. The average Bonchev–Trinajstić information content (AvgIpc) is 2.59. The second-order valence-corrected chi connectivity index (χ2v) is 4.33. The minimum atomic E-state index is -1.02. The van der Waals surface area contributed by atoms with Crippen LogP contribution in [-0.2, 0) is 9.59 Å². The Bertz CT molecular complexity index is 474. The van der Waals surface area contributed by atoms with Crippen molar-refractivity contribution in [1.82, 2.24) is 9.97 Å². The number of carboxylic acid groups (broad SMARTS) is 1. The minimum Gasteiger partial charge on any atom is -0.481 e. The number of carbonyl (C=O) groups is 2. The normalized spacial score (nSPS) is 19.8. The number of halogens is 2. The highest BCUT2D eigenvalue weighted by Gasteiger charge is 2.36. The molecule has 1 N–H and O–H groups in total. The van der Waals surface area contributed by atoms with Crippen molar-refractivity contribution in [3.63, 3.8) is 0 Å². The van der Waals surface area contributed by atoms with Gasteiger partial charge in [0.25, 0.3) is 0 Å². The number of hydrogen-bond acceptors (Lipinski definition) is 4. The van der Waals surface area contributed by atoms with Crippen LogP contribution in [0.5, 0.6) is 0 Å². The van der Waals surface area contributed by atoms with E-state index in [0.717, 1.165) is 0 Å². The van der Waals surface area contributed by atoms with Gasteiger partial charge in [0.2, 0.25) is 11.9 Å². The summed E-state index contributed by atoms with van der Waals surface area (Å²) >= 11 is 11.4. The second-order valence-electron chi connectivity index (χ2n) is 3.56. The topological polar surface area (TPSA) is 83.4 Å². The molecule has 6 nitrogen and oxygen atoms in total. The van der Waals surface area contributed by atoms with Gasteiger partial charge in [-0.15, -0.1) is 0 Å². The predicted molar refractivity (Wildman–Crippen MR) is 60.1 cm³/mol. The molecule has 1 amide bonds. The van der Waals surface area contributed by atoms with Crippen molar-refractivity contribution in [2.45, 2.75) is 6.42 Å². The molecule has 90 valence electrons. The van der Waals surface area contributed by atoms with Crippen LogP contribution in [0.2, 0.25) is 10.3 Å². The molecule has 1 saturated heterocycles. The summed E-state index contributed by atoms with van der Waals surface area (Å²) in [5.74, 6) is -2.08. The Morgan fingerprint density at radius 1 is 1.41 bits per heavy atom. The van der Waals surface area contributed by atoms with E-state index < -0.39 is 11.9 Å². The molecule has 1 unspecified atom stereocenters. The van der Waals surface area contributed by atoms with Crippen molar-refractivity contribution in [2.75, 3.05) is 11.4 Å². The first kappa shape index (κ1) is 12.1. The van der Waals surface area contributed by atoms with E-state index in [4.69, 9.17) is 28.3 Å². The third-order valence-electron chi connectivity index (χ3n) is 2.37. The van der Waals surface area contributed by atoms with Crippen LogP contribution < -0.4 is 4.90 Å². The van der Waals surface area contributed by atoms with Crippen molar-refractivity contribution >= 4 is 41.0 Å². The molecule has 1 atom stereocenters. The number of nitrogens with zero attached hydrogens (tertiary/aromatic N) is 3. The molecular weight excluding hydrogens is 269 g/mol. The van der Waals surface area contributed by atoms with Gasteiger partial charge in [0, 0.05) is 19.0 Å². The zero-order chi connectivity index (χ0) is 12.6. The van der Waals surface area contributed by atoms with Gasteiger partial charge >= 0.3 is 5.97 Å². The fourth-order valence-electron chi connectivity index (χ4n) is 1.57. The van der Waals surface area contributed by atoms with E-state index >= 15 is 0 Å². The van der Waals surface area contributed by atoms with Crippen LogP contribution in [0.1, 0.15) is 6.42 Å². The Balaban J connectivity index is 2.28. The molecule has 2 rings (SSSR count). The van der Waals surface area contributed by atoms with Crippen molar-refractivity contribution in [1.29, 1.82) is 0 Å². The zero-order valence-electron chi connectivity index (χ0n) is 8.43. The van der Waals surface area contributed by atoms with Gasteiger partial charge in [0.05, 0.1) is 5.92 Å². The van der Waals surface area contributed by atoms with Crippen molar-refractivity contribution in [2.24, 2.45) is 5.92 Å². The number of rotatable bonds is 2. The van der Waals surface area contributed by atoms with Crippen LogP contribution in [-0.4, -0.2) is 33.5 Å². The lowest BCUT2D eigenvalue weighted by Gasteiger charge is -2.13. The molecule has 1 aliphatic rings. The molecule has 8 heteroatoms. The fourth-order valence-corrected chi connectivity index (χ4v) is 1.98. The Labute approximate surface area is 106 Å². The number of anilines is 1. The fraction of sp³-hybridized carbons (Fsp3) is 0.333. The lowest BCUT2D eigenvalue weighted by atomic mass is 10.1. The number of carbonyl (C=O) groups excluding carboxylic acids is 1. The largest absolute Gasteiger partial charge is 0.481 e. The zero-order valence-corrected chi connectivity index (χ0v) is 9.94. The Morgan fingerprint density at radius 2 is 2.00 bits per heavy atom. The maximum atomic E-state index is 11.6. The molecule has 1 aliphatic heterocycles. The highest BCUT2D eigenvalue weighted by molar-refractivity contribution is 6.33. The molecular formula is C9H7Cl2N3O3. The van der Waals surface area contributed by atoms with Crippen molar-refractivity contribution < 1.29 is 14.7 Å². The summed E-state index contributed by atoms with van der Waals surface area (Å²) < 4.78 is 0. The molecule has 1 aromatic rings. The van der Waals surface area contributed by atoms with Gasteiger partial charge < -0.3 is 5.11 Å². The van der Waals surface area contributed by atoms with Crippen LogP contribution in [0.15, 0.2) is 6.07 Å². The third-order valence-corrected chi connectivity index (χ3v) is 2.75. The van der Waals surface area contributed by atoms with Gasteiger partial charge in [0.15, 0.2) is 0 Å². The molecule has 2 heterocycles. The molecule has 17 heavy (non-hydrogen) atoms. The SMILES string of the molecule is O=C(O)C1CC(=O)N(c2nc(Cl)cc(Cl)n2)C1. The van der Waals surface area contributed by atoms with Crippen LogP contribution in [0.3, 0.4) is 0 Å². The number of hydrogen-bond donors (Lipinski definition) is 1. The lowest BCUT2D eigenvalue weighted by Crippen LogP contribution is -2.27. The summed E-state index contributed by atoms with van der Waals surface area (Å²) in [6.07, 6.45) is -0.0666. The first-order chi connectivity index (χ1) is 7.97. The summed E-state index contributed by atoms with van der Waals surface area (Å²) in [5.41, 5.74) is 0. The van der Waals surface area contributed by atoms with E-state index in [1.54, 1.807) is 0 Å².